The van der Waals surface area contributed by atoms with Crippen molar-refractivity contribution in [3.63, 3.8) is 0 Å². The number of halogens is 2. The molecule has 0 saturated carbocycles. The van der Waals surface area contributed by atoms with Crippen molar-refractivity contribution >= 4 is 5.91 Å². The third-order valence-corrected chi connectivity index (χ3v) is 2.10. The van der Waals surface area contributed by atoms with Crippen molar-refractivity contribution in [2.45, 2.75) is 19.4 Å². The first-order valence-electron chi connectivity index (χ1n) is 4.88. The van der Waals surface area contributed by atoms with E-state index in [1.54, 1.807) is 0 Å². The monoisotopic (exact) mass is 245 g/mol. The number of aliphatic hydroxyl groups is 1. The summed E-state index contributed by atoms with van der Waals surface area (Å²) < 4.78 is 26.6. The molecular formula is C11H13F2NO3. The summed E-state index contributed by atoms with van der Waals surface area (Å²) in [7, 11) is 0. The number of aliphatic hydroxyl groups excluding tert-OH is 1. The molecule has 4 nitrogen and oxygen atoms in total. The minimum atomic E-state index is -1.16. The first kappa shape index (κ1) is 13.4. The van der Waals surface area contributed by atoms with E-state index in [9.17, 15) is 13.6 Å². The molecule has 6 heteroatoms. The molecule has 0 aliphatic rings. The summed E-state index contributed by atoms with van der Waals surface area (Å²) in [6.45, 7) is 2.63. The highest BCUT2D eigenvalue weighted by Gasteiger charge is 2.25. The van der Waals surface area contributed by atoms with Gasteiger partial charge in [-0.05, 0) is 13.8 Å². The summed E-state index contributed by atoms with van der Waals surface area (Å²) in [5.74, 6) is -3.90. The Morgan fingerprint density at radius 3 is 2.24 bits per heavy atom. The molecule has 17 heavy (non-hydrogen) atoms. The van der Waals surface area contributed by atoms with E-state index < -0.39 is 34.4 Å². The third kappa shape index (κ3) is 3.13. The van der Waals surface area contributed by atoms with Crippen LogP contribution < -0.4 is 5.32 Å². The largest absolute Gasteiger partial charge is 0.508 e. The average molecular weight is 245 g/mol. The van der Waals surface area contributed by atoms with E-state index in [1.807, 2.05) is 0 Å². The van der Waals surface area contributed by atoms with E-state index >= 15 is 0 Å². The molecule has 3 N–H and O–H groups in total. The van der Waals surface area contributed by atoms with Gasteiger partial charge in [-0.15, -0.1) is 0 Å². The van der Waals surface area contributed by atoms with Gasteiger partial charge < -0.3 is 15.5 Å². The number of hydrogen-bond acceptors (Lipinski definition) is 3. The van der Waals surface area contributed by atoms with Crippen LogP contribution in [0.2, 0.25) is 0 Å². The van der Waals surface area contributed by atoms with Crippen molar-refractivity contribution in [3.05, 3.63) is 29.3 Å². The lowest BCUT2D eigenvalue weighted by Gasteiger charge is -2.23. The Morgan fingerprint density at radius 1 is 1.35 bits per heavy atom. The van der Waals surface area contributed by atoms with E-state index in [0.29, 0.717) is 12.1 Å². The van der Waals surface area contributed by atoms with Gasteiger partial charge in [-0.3, -0.25) is 4.79 Å². The fraction of sp³-hybridized carbons (Fsp3) is 0.364. The van der Waals surface area contributed by atoms with Crippen LogP contribution in [0, 0.1) is 11.6 Å². The SMILES string of the molecule is CC(C)(CO)NC(=O)c1c(F)cc(O)cc1F. The second-order valence-corrected chi connectivity index (χ2v) is 4.28. The second kappa shape index (κ2) is 4.67. The summed E-state index contributed by atoms with van der Waals surface area (Å²) in [6.07, 6.45) is 0. The number of hydrogen-bond donors (Lipinski definition) is 3. The van der Waals surface area contributed by atoms with E-state index in [0.717, 1.165) is 0 Å². The maximum absolute atomic E-state index is 13.3. The van der Waals surface area contributed by atoms with Crippen molar-refractivity contribution < 1.29 is 23.8 Å². The number of carbonyl (C=O) groups is 1. The zero-order valence-electron chi connectivity index (χ0n) is 9.42. The Hall–Kier alpha value is -1.69. The molecule has 0 aliphatic carbocycles. The topological polar surface area (TPSA) is 69.6 Å². The summed E-state index contributed by atoms with van der Waals surface area (Å²) >= 11 is 0. The van der Waals surface area contributed by atoms with Crippen LogP contribution in [0.5, 0.6) is 5.75 Å². The van der Waals surface area contributed by atoms with Crippen LogP contribution in [0.15, 0.2) is 12.1 Å². The van der Waals surface area contributed by atoms with Gasteiger partial charge in [0.15, 0.2) is 0 Å². The van der Waals surface area contributed by atoms with Crippen LogP contribution in [0.1, 0.15) is 24.2 Å². The standard InChI is InChI=1S/C11H13F2NO3/c1-11(2,5-15)14-10(17)9-7(12)3-6(16)4-8(9)13/h3-4,15-16H,5H2,1-2H3,(H,14,17). The van der Waals surface area contributed by atoms with Gasteiger partial charge in [-0.25, -0.2) is 8.78 Å². The molecule has 1 rings (SSSR count). The van der Waals surface area contributed by atoms with Gasteiger partial charge in [0.1, 0.15) is 22.9 Å². The van der Waals surface area contributed by atoms with Crippen molar-refractivity contribution in [2.75, 3.05) is 6.61 Å². The number of nitrogens with one attached hydrogen (secondary N) is 1. The van der Waals surface area contributed by atoms with E-state index in [-0.39, 0.29) is 6.61 Å². The smallest absolute Gasteiger partial charge is 0.257 e. The van der Waals surface area contributed by atoms with Crippen molar-refractivity contribution in [1.29, 1.82) is 0 Å². The number of benzene rings is 1. The Balaban J connectivity index is 3.05. The maximum atomic E-state index is 13.3. The Kier molecular flexibility index (Phi) is 3.67. The summed E-state index contributed by atoms with van der Waals surface area (Å²) in [5.41, 5.74) is -1.78. The molecule has 1 aromatic rings. The number of rotatable bonds is 3. The molecule has 0 heterocycles. The normalized spacial score (nSPS) is 11.4. The van der Waals surface area contributed by atoms with Gasteiger partial charge in [0.25, 0.3) is 5.91 Å². The van der Waals surface area contributed by atoms with Crippen molar-refractivity contribution in [2.24, 2.45) is 0 Å². The summed E-state index contributed by atoms with van der Waals surface area (Å²) in [5, 5.41) is 20.1. The molecule has 0 atom stereocenters. The molecule has 94 valence electrons. The fourth-order valence-corrected chi connectivity index (χ4v) is 1.19. The number of carbonyl (C=O) groups excluding carboxylic acids is 1. The molecular weight excluding hydrogens is 232 g/mol. The first-order valence-corrected chi connectivity index (χ1v) is 4.88. The minimum absolute atomic E-state index is 0.375. The highest BCUT2D eigenvalue weighted by Crippen LogP contribution is 2.20. The Bertz CT molecular complexity index is 423. The zero-order valence-corrected chi connectivity index (χ0v) is 9.42. The quantitative estimate of drug-likeness (QED) is 0.748. The lowest BCUT2D eigenvalue weighted by molar-refractivity contribution is 0.0860. The molecule has 1 amide bonds. The molecule has 0 aromatic heterocycles. The number of phenols is 1. The minimum Gasteiger partial charge on any atom is -0.508 e. The van der Waals surface area contributed by atoms with Crippen LogP contribution in [0.25, 0.3) is 0 Å². The van der Waals surface area contributed by atoms with E-state index in [2.05, 4.69) is 5.32 Å². The number of aromatic hydroxyl groups is 1. The lowest BCUT2D eigenvalue weighted by Crippen LogP contribution is -2.46. The van der Waals surface area contributed by atoms with Crippen LogP contribution in [0.4, 0.5) is 8.78 Å². The summed E-state index contributed by atoms with van der Waals surface area (Å²) in [4.78, 5) is 11.6. The second-order valence-electron chi connectivity index (χ2n) is 4.28. The van der Waals surface area contributed by atoms with E-state index in [4.69, 9.17) is 10.2 Å². The fourth-order valence-electron chi connectivity index (χ4n) is 1.19. The van der Waals surface area contributed by atoms with Crippen LogP contribution in [-0.2, 0) is 0 Å². The maximum Gasteiger partial charge on any atom is 0.257 e. The molecule has 0 radical (unpaired) electrons. The number of phenolic OH excluding ortho intramolecular Hbond substituents is 1. The van der Waals surface area contributed by atoms with Gasteiger partial charge in [0, 0.05) is 12.1 Å². The average Bonchev–Trinajstić information content (AvgIpc) is 2.14. The molecule has 0 saturated heterocycles. The molecule has 0 fully saturated rings. The van der Waals surface area contributed by atoms with Gasteiger partial charge in [-0.1, -0.05) is 0 Å². The van der Waals surface area contributed by atoms with Crippen LogP contribution in [0.3, 0.4) is 0 Å². The third-order valence-electron chi connectivity index (χ3n) is 2.10. The zero-order chi connectivity index (χ0) is 13.2. The van der Waals surface area contributed by atoms with Crippen LogP contribution in [-0.4, -0.2) is 28.3 Å². The lowest BCUT2D eigenvalue weighted by atomic mass is 10.1. The highest BCUT2D eigenvalue weighted by atomic mass is 19.1. The highest BCUT2D eigenvalue weighted by molar-refractivity contribution is 5.95. The van der Waals surface area contributed by atoms with Gasteiger partial charge in [0.2, 0.25) is 0 Å². The Morgan fingerprint density at radius 2 is 1.82 bits per heavy atom. The predicted octanol–water partition coefficient (Wildman–Crippen LogP) is 1.17. The van der Waals surface area contributed by atoms with Gasteiger partial charge in [-0.2, -0.15) is 0 Å². The van der Waals surface area contributed by atoms with Crippen molar-refractivity contribution in [1.82, 2.24) is 5.32 Å². The predicted molar refractivity (Wildman–Crippen MR) is 56.7 cm³/mol. The molecule has 1 aromatic carbocycles. The molecule has 0 unspecified atom stereocenters. The molecule has 0 spiro atoms. The van der Waals surface area contributed by atoms with E-state index in [1.165, 1.54) is 13.8 Å². The van der Waals surface area contributed by atoms with Crippen LogP contribution >= 0.6 is 0 Å². The molecule has 0 bridgehead atoms. The van der Waals surface area contributed by atoms with Gasteiger partial charge in [0.05, 0.1) is 12.1 Å². The number of amides is 1. The Labute approximate surface area is 96.9 Å². The molecule has 0 aliphatic heterocycles. The first-order chi connectivity index (χ1) is 7.76. The van der Waals surface area contributed by atoms with Crippen molar-refractivity contribution in [3.8, 4) is 5.75 Å². The van der Waals surface area contributed by atoms with Gasteiger partial charge >= 0.3 is 0 Å². The summed E-state index contributed by atoms with van der Waals surface area (Å²) in [6, 6.07) is 1.29.